The Balaban J connectivity index is 1.37. The molecule has 0 unspecified atom stereocenters. The lowest BCUT2D eigenvalue weighted by atomic mass is 10.2. The molecule has 2 saturated heterocycles. The molecule has 0 spiro atoms. The standard InChI is InChI=1S/C21H32N4O3/c1-3-10-24-17-20(26)25(21(24)27)12-7-6-11-22-13-15-23(16-14-22)18-8-4-5-9-19(18)28-2/h4-5,8-9H,3,6-7,10-17H2,1-2H3. The van der Waals surface area contributed by atoms with Gasteiger partial charge in [-0.25, -0.2) is 4.79 Å². The smallest absolute Gasteiger partial charge is 0.327 e. The molecule has 3 rings (SSSR count). The molecule has 0 bridgehead atoms. The van der Waals surface area contributed by atoms with Gasteiger partial charge in [0.05, 0.1) is 12.8 Å². The molecule has 0 atom stereocenters. The van der Waals surface area contributed by atoms with Crippen LogP contribution in [0.3, 0.4) is 0 Å². The number of hydrogen-bond donors (Lipinski definition) is 0. The maximum atomic E-state index is 12.2. The highest BCUT2D eigenvalue weighted by Gasteiger charge is 2.34. The summed E-state index contributed by atoms with van der Waals surface area (Å²) in [4.78, 5) is 32.2. The van der Waals surface area contributed by atoms with Crippen LogP contribution in [0, 0.1) is 0 Å². The van der Waals surface area contributed by atoms with Crippen molar-refractivity contribution in [3.05, 3.63) is 24.3 Å². The second-order valence-electron chi connectivity index (χ2n) is 7.46. The van der Waals surface area contributed by atoms with Crippen LogP contribution in [0.15, 0.2) is 24.3 Å². The minimum atomic E-state index is -0.114. The lowest BCUT2D eigenvalue weighted by molar-refractivity contribution is -0.125. The maximum Gasteiger partial charge on any atom is 0.327 e. The number of para-hydroxylation sites is 2. The Hall–Kier alpha value is -2.28. The first-order chi connectivity index (χ1) is 13.6. The quantitative estimate of drug-likeness (QED) is 0.480. The Morgan fingerprint density at radius 3 is 2.39 bits per heavy atom. The van der Waals surface area contributed by atoms with Gasteiger partial charge < -0.3 is 14.5 Å². The third-order valence-corrected chi connectivity index (χ3v) is 5.53. The molecule has 0 aromatic heterocycles. The fraction of sp³-hybridized carbons (Fsp3) is 0.619. The van der Waals surface area contributed by atoms with E-state index < -0.39 is 0 Å². The first kappa shape index (κ1) is 20.5. The van der Waals surface area contributed by atoms with Crippen molar-refractivity contribution in [2.45, 2.75) is 26.2 Å². The summed E-state index contributed by atoms with van der Waals surface area (Å²) in [6.07, 6.45) is 2.75. The van der Waals surface area contributed by atoms with Gasteiger partial charge in [-0.3, -0.25) is 14.6 Å². The van der Waals surface area contributed by atoms with Crippen molar-refractivity contribution in [2.75, 3.05) is 64.4 Å². The number of ether oxygens (including phenoxy) is 1. The summed E-state index contributed by atoms with van der Waals surface area (Å²) < 4.78 is 5.48. The monoisotopic (exact) mass is 388 g/mol. The molecule has 0 aliphatic carbocycles. The molecule has 7 nitrogen and oxygen atoms in total. The summed E-state index contributed by atoms with van der Waals surface area (Å²) in [6, 6.07) is 8.05. The van der Waals surface area contributed by atoms with Gasteiger partial charge in [-0.15, -0.1) is 0 Å². The van der Waals surface area contributed by atoms with Crippen molar-refractivity contribution in [2.24, 2.45) is 0 Å². The van der Waals surface area contributed by atoms with Crippen LogP contribution in [0.4, 0.5) is 10.5 Å². The molecule has 2 aliphatic heterocycles. The SMILES string of the molecule is CCCN1CC(=O)N(CCCCN2CCN(c3ccccc3OC)CC2)C1=O. The van der Waals surface area contributed by atoms with Gasteiger partial charge in [-0.2, -0.15) is 0 Å². The van der Waals surface area contributed by atoms with Crippen molar-refractivity contribution in [1.29, 1.82) is 0 Å². The summed E-state index contributed by atoms with van der Waals surface area (Å²) >= 11 is 0. The van der Waals surface area contributed by atoms with E-state index in [4.69, 9.17) is 4.74 Å². The largest absolute Gasteiger partial charge is 0.495 e. The zero-order valence-electron chi connectivity index (χ0n) is 17.1. The zero-order chi connectivity index (χ0) is 19.9. The van der Waals surface area contributed by atoms with Crippen molar-refractivity contribution < 1.29 is 14.3 Å². The number of nitrogens with zero attached hydrogens (tertiary/aromatic N) is 4. The van der Waals surface area contributed by atoms with Crippen LogP contribution in [0.5, 0.6) is 5.75 Å². The Bertz CT molecular complexity index is 673. The third kappa shape index (κ3) is 4.76. The zero-order valence-corrected chi connectivity index (χ0v) is 17.1. The Morgan fingerprint density at radius 1 is 0.964 bits per heavy atom. The number of amides is 3. The highest BCUT2D eigenvalue weighted by atomic mass is 16.5. The number of carbonyl (C=O) groups is 2. The topological polar surface area (TPSA) is 56.3 Å². The Labute approximate surface area is 167 Å². The minimum absolute atomic E-state index is 0.0520. The summed E-state index contributed by atoms with van der Waals surface area (Å²) in [5, 5.41) is 0. The number of piperazine rings is 1. The minimum Gasteiger partial charge on any atom is -0.495 e. The normalized spacial score (nSPS) is 18.3. The summed E-state index contributed by atoms with van der Waals surface area (Å²) in [7, 11) is 1.71. The number of urea groups is 1. The van der Waals surface area contributed by atoms with E-state index in [-0.39, 0.29) is 18.5 Å². The predicted octanol–water partition coefficient (Wildman–Crippen LogP) is 2.27. The molecule has 0 saturated carbocycles. The summed E-state index contributed by atoms with van der Waals surface area (Å²) in [5.74, 6) is 0.872. The van der Waals surface area contributed by atoms with E-state index in [1.807, 2.05) is 25.1 Å². The number of anilines is 1. The molecule has 1 aromatic carbocycles. The number of imide groups is 1. The predicted molar refractivity (Wildman–Crippen MR) is 110 cm³/mol. The van der Waals surface area contributed by atoms with Crippen molar-refractivity contribution >= 4 is 17.6 Å². The van der Waals surface area contributed by atoms with E-state index in [2.05, 4.69) is 15.9 Å². The molecule has 154 valence electrons. The average molecular weight is 389 g/mol. The van der Waals surface area contributed by atoms with E-state index in [1.54, 1.807) is 12.0 Å². The Kier molecular flexibility index (Phi) is 7.14. The van der Waals surface area contributed by atoms with Gasteiger partial charge in [-0.05, 0) is 37.9 Å². The van der Waals surface area contributed by atoms with E-state index in [1.165, 1.54) is 4.90 Å². The second-order valence-corrected chi connectivity index (χ2v) is 7.46. The van der Waals surface area contributed by atoms with Gasteiger partial charge in [0.25, 0.3) is 0 Å². The van der Waals surface area contributed by atoms with Crippen LogP contribution in [0.1, 0.15) is 26.2 Å². The number of carbonyl (C=O) groups excluding carboxylic acids is 2. The molecular formula is C21H32N4O3. The molecular weight excluding hydrogens is 356 g/mol. The van der Waals surface area contributed by atoms with Crippen LogP contribution in [0.25, 0.3) is 0 Å². The fourth-order valence-corrected chi connectivity index (χ4v) is 3.97. The molecule has 2 fully saturated rings. The van der Waals surface area contributed by atoms with Crippen molar-refractivity contribution in [3.8, 4) is 5.75 Å². The average Bonchev–Trinajstić information content (AvgIpc) is 2.99. The first-order valence-electron chi connectivity index (χ1n) is 10.3. The third-order valence-electron chi connectivity index (χ3n) is 5.53. The van der Waals surface area contributed by atoms with Crippen molar-refractivity contribution in [1.82, 2.24) is 14.7 Å². The lowest BCUT2D eigenvalue weighted by Gasteiger charge is -2.36. The molecule has 2 aliphatic rings. The maximum absolute atomic E-state index is 12.2. The Morgan fingerprint density at radius 2 is 1.68 bits per heavy atom. The van der Waals surface area contributed by atoms with Gasteiger partial charge >= 0.3 is 6.03 Å². The number of hydrogen-bond acceptors (Lipinski definition) is 5. The second kappa shape index (κ2) is 9.78. The van der Waals surface area contributed by atoms with Gasteiger partial charge in [0.1, 0.15) is 12.3 Å². The van der Waals surface area contributed by atoms with Crippen molar-refractivity contribution in [3.63, 3.8) is 0 Å². The number of methoxy groups -OCH3 is 1. The number of benzene rings is 1. The number of unbranched alkanes of at least 4 members (excludes halogenated alkanes) is 1. The van der Waals surface area contributed by atoms with Crippen LogP contribution in [-0.4, -0.2) is 86.1 Å². The molecule has 7 heteroatoms. The van der Waals surface area contributed by atoms with Gasteiger partial charge in [0, 0.05) is 39.3 Å². The molecule has 3 amide bonds. The lowest BCUT2D eigenvalue weighted by Crippen LogP contribution is -2.46. The van der Waals surface area contributed by atoms with Crippen LogP contribution >= 0.6 is 0 Å². The summed E-state index contributed by atoms with van der Waals surface area (Å²) in [6.45, 7) is 8.48. The van der Waals surface area contributed by atoms with Crippen LogP contribution in [-0.2, 0) is 4.79 Å². The van der Waals surface area contributed by atoms with E-state index in [9.17, 15) is 9.59 Å². The molecule has 0 radical (unpaired) electrons. The molecule has 1 aromatic rings. The van der Waals surface area contributed by atoms with Gasteiger partial charge in [-0.1, -0.05) is 19.1 Å². The number of rotatable bonds is 9. The molecule has 0 N–H and O–H groups in total. The van der Waals surface area contributed by atoms with Crippen LogP contribution < -0.4 is 9.64 Å². The highest BCUT2D eigenvalue weighted by molar-refractivity contribution is 6.01. The molecule has 28 heavy (non-hydrogen) atoms. The van der Waals surface area contributed by atoms with E-state index in [0.717, 1.165) is 63.4 Å². The van der Waals surface area contributed by atoms with E-state index >= 15 is 0 Å². The molecule has 2 heterocycles. The fourth-order valence-electron chi connectivity index (χ4n) is 3.97. The van der Waals surface area contributed by atoms with E-state index in [0.29, 0.717) is 13.1 Å². The summed E-state index contributed by atoms with van der Waals surface area (Å²) in [5.41, 5.74) is 1.16. The van der Waals surface area contributed by atoms with Gasteiger partial charge in [0.15, 0.2) is 0 Å². The van der Waals surface area contributed by atoms with Crippen LogP contribution in [0.2, 0.25) is 0 Å². The first-order valence-corrected chi connectivity index (χ1v) is 10.3. The van der Waals surface area contributed by atoms with Gasteiger partial charge in [0.2, 0.25) is 5.91 Å². The highest BCUT2D eigenvalue weighted by Crippen LogP contribution is 2.28.